The quantitative estimate of drug-likeness (QED) is 0.424. The monoisotopic (exact) mass is 468 g/mol. The molecule has 10 heteroatoms. The molecule has 1 aliphatic carbocycles. The van der Waals surface area contributed by atoms with Crippen molar-refractivity contribution in [3.05, 3.63) is 77.7 Å². The van der Waals surface area contributed by atoms with E-state index in [2.05, 4.69) is 14.1 Å². The molecule has 2 aromatic carbocycles. The molecule has 8 nitrogen and oxygen atoms in total. The second-order valence-corrected chi connectivity index (χ2v) is 10.1. The number of nitrogens with zero attached hydrogens (tertiary/aromatic N) is 3. The van der Waals surface area contributed by atoms with Gasteiger partial charge in [-0.1, -0.05) is 18.2 Å². The topological polar surface area (TPSA) is 105 Å². The molecule has 1 aliphatic rings. The predicted octanol–water partition coefficient (Wildman–Crippen LogP) is 3.57. The van der Waals surface area contributed by atoms with Gasteiger partial charge in [-0.25, -0.2) is 8.42 Å². The number of nitrogens with one attached hydrogen (secondary N) is 1. The van der Waals surface area contributed by atoms with Crippen LogP contribution >= 0.6 is 11.7 Å². The largest absolute Gasteiger partial charge is 0.468 e. The van der Waals surface area contributed by atoms with Crippen LogP contribution in [0.25, 0.3) is 11.0 Å². The minimum absolute atomic E-state index is 0.0627. The molecule has 0 atom stereocenters. The minimum atomic E-state index is -3.91. The summed E-state index contributed by atoms with van der Waals surface area (Å²) in [4.78, 5) is 12.3. The average molecular weight is 469 g/mol. The van der Waals surface area contributed by atoms with Crippen LogP contribution in [0.3, 0.4) is 0 Å². The third-order valence-corrected chi connectivity index (χ3v) is 7.63. The number of fused-ring (bicyclic) bond motifs is 1. The second kappa shape index (κ2) is 8.45. The smallest absolute Gasteiger partial charge is 0.251 e. The molecule has 2 aromatic heterocycles. The zero-order valence-corrected chi connectivity index (χ0v) is 18.6. The van der Waals surface area contributed by atoms with E-state index in [-0.39, 0.29) is 29.9 Å². The van der Waals surface area contributed by atoms with Crippen molar-refractivity contribution < 1.29 is 17.6 Å². The molecular formula is C22H20N4O4S2. The third kappa shape index (κ3) is 4.29. The van der Waals surface area contributed by atoms with Gasteiger partial charge in [-0.05, 0) is 54.8 Å². The van der Waals surface area contributed by atoms with Crippen LogP contribution in [0.15, 0.2) is 70.2 Å². The van der Waals surface area contributed by atoms with Crippen LogP contribution in [0.2, 0.25) is 0 Å². The van der Waals surface area contributed by atoms with Crippen LogP contribution in [0.1, 0.15) is 34.5 Å². The fourth-order valence-electron chi connectivity index (χ4n) is 3.39. The highest BCUT2D eigenvalue weighted by molar-refractivity contribution is 7.89. The number of furan rings is 1. The lowest BCUT2D eigenvalue weighted by molar-refractivity contribution is 0.0951. The van der Waals surface area contributed by atoms with E-state index in [0.29, 0.717) is 22.4 Å². The molecule has 32 heavy (non-hydrogen) atoms. The van der Waals surface area contributed by atoms with Crippen molar-refractivity contribution in [2.75, 3.05) is 0 Å². The summed E-state index contributed by atoms with van der Waals surface area (Å²) < 4.78 is 42.4. The molecule has 0 spiro atoms. The van der Waals surface area contributed by atoms with E-state index < -0.39 is 10.0 Å². The Morgan fingerprint density at radius 1 is 1.06 bits per heavy atom. The van der Waals surface area contributed by atoms with Crippen molar-refractivity contribution in [1.82, 2.24) is 18.4 Å². The first-order valence-electron chi connectivity index (χ1n) is 10.1. The van der Waals surface area contributed by atoms with Crippen LogP contribution < -0.4 is 5.32 Å². The zero-order valence-electron chi connectivity index (χ0n) is 17.0. The van der Waals surface area contributed by atoms with Gasteiger partial charge in [-0.15, -0.1) is 0 Å². The standard InChI is InChI=1S/C22H20N4O4S2/c27-22(23-17-10-11-17)16-8-6-15(7-9-16)13-26(14-18-3-2-12-30-18)32(28,29)20-5-1-4-19-21(20)25-31-24-19/h1-9,12,17H,10-11,13-14H2,(H,23,27). The maximum absolute atomic E-state index is 13.6. The normalized spacial score (nSPS) is 14.2. The summed E-state index contributed by atoms with van der Waals surface area (Å²) in [6.45, 7) is 0.175. The van der Waals surface area contributed by atoms with E-state index in [1.807, 2.05) is 0 Å². The van der Waals surface area contributed by atoms with Crippen LogP contribution in [0, 0.1) is 0 Å². The Kier molecular flexibility index (Phi) is 5.50. The van der Waals surface area contributed by atoms with Crippen molar-refractivity contribution in [2.24, 2.45) is 0 Å². The minimum Gasteiger partial charge on any atom is -0.468 e. The lowest BCUT2D eigenvalue weighted by Gasteiger charge is -2.21. The highest BCUT2D eigenvalue weighted by Gasteiger charge is 2.29. The van der Waals surface area contributed by atoms with Crippen molar-refractivity contribution >= 4 is 38.7 Å². The summed E-state index contributed by atoms with van der Waals surface area (Å²) in [5.41, 5.74) is 2.21. The Hall–Kier alpha value is -3.08. The molecule has 1 fully saturated rings. The molecule has 2 heterocycles. The summed E-state index contributed by atoms with van der Waals surface area (Å²) in [6, 6.07) is 15.7. The van der Waals surface area contributed by atoms with Crippen molar-refractivity contribution in [3.63, 3.8) is 0 Å². The van der Waals surface area contributed by atoms with Gasteiger partial charge in [0.1, 0.15) is 21.7 Å². The third-order valence-electron chi connectivity index (χ3n) is 5.27. The first-order chi connectivity index (χ1) is 15.5. The van der Waals surface area contributed by atoms with E-state index in [0.717, 1.165) is 30.1 Å². The van der Waals surface area contributed by atoms with Crippen LogP contribution in [0.4, 0.5) is 0 Å². The van der Waals surface area contributed by atoms with Gasteiger partial charge in [-0.3, -0.25) is 4.79 Å². The SMILES string of the molecule is O=C(NC1CC1)c1ccc(CN(Cc2ccco2)S(=O)(=O)c2cccc3nsnc23)cc1. The van der Waals surface area contributed by atoms with Gasteiger partial charge in [0.25, 0.3) is 5.91 Å². The highest BCUT2D eigenvalue weighted by atomic mass is 32.2. The molecule has 5 rings (SSSR count). The fourth-order valence-corrected chi connectivity index (χ4v) is 5.54. The highest BCUT2D eigenvalue weighted by Crippen LogP contribution is 2.27. The molecule has 1 amide bonds. The number of carbonyl (C=O) groups is 1. The maximum Gasteiger partial charge on any atom is 0.251 e. The summed E-state index contributed by atoms with van der Waals surface area (Å²) in [5, 5.41) is 2.95. The Bertz CT molecular complexity index is 1340. The Morgan fingerprint density at radius 2 is 1.88 bits per heavy atom. The summed E-state index contributed by atoms with van der Waals surface area (Å²) in [5.74, 6) is 0.416. The first kappa shape index (κ1) is 20.8. The molecule has 164 valence electrons. The van der Waals surface area contributed by atoms with Gasteiger partial charge in [0.05, 0.1) is 24.5 Å². The molecule has 0 aliphatic heterocycles. The number of sulfonamides is 1. The van der Waals surface area contributed by atoms with E-state index in [9.17, 15) is 13.2 Å². The molecule has 0 radical (unpaired) electrons. The molecule has 4 aromatic rings. The number of carbonyl (C=O) groups excluding carboxylic acids is 1. The summed E-state index contributed by atoms with van der Waals surface area (Å²) >= 11 is 0.978. The van der Waals surface area contributed by atoms with E-state index >= 15 is 0 Å². The molecule has 0 unspecified atom stereocenters. The fraction of sp³-hybridized carbons (Fsp3) is 0.227. The predicted molar refractivity (Wildman–Crippen MR) is 119 cm³/mol. The van der Waals surface area contributed by atoms with Crippen LogP contribution in [-0.4, -0.2) is 33.4 Å². The molecule has 1 N–H and O–H groups in total. The molecule has 1 saturated carbocycles. The van der Waals surface area contributed by atoms with Gasteiger partial charge in [0.2, 0.25) is 10.0 Å². The van der Waals surface area contributed by atoms with Gasteiger partial charge < -0.3 is 9.73 Å². The number of aromatic nitrogens is 2. The number of benzene rings is 2. The van der Waals surface area contributed by atoms with Crippen LogP contribution in [-0.2, 0) is 23.1 Å². The number of amides is 1. The van der Waals surface area contributed by atoms with Gasteiger partial charge in [-0.2, -0.15) is 13.1 Å². The molecule has 0 saturated heterocycles. The van der Waals surface area contributed by atoms with Crippen molar-refractivity contribution in [1.29, 1.82) is 0 Å². The number of hydrogen-bond acceptors (Lipinski definition) is 7. The number of hydrogen-bond donors (Lipinski definition) is 1. The Morgan fingerprint density at radius 3 is 2.59 bits per heavy atom. The van der Waals surface area contributed by atoms with Crippen molar-refractivity contribution in [3.8, 4) is 0 Å². The Balaban J connectivity index is 1.44. The Labute approximate surface area is 189 Å². The lowest BCUT2D eigenvalue weighted by Crippen LogP contribution is -2.30. The van der Waals surface area contributed by atoms with Crippen molar-refractivity contribution in [2.45, 2.75) is 36.9 Å². The zero-order chi connectivity index (χ0) is 22.1. The molecule has 0 bridgehead atoms. The second-order valence-electron chi connectivity index (χ2n) is 7.69. The number of rotatable bonds is 8. The van der Waals surface area contributed by atoms with E-state index in [4.69, 9.17) is 4.42 Å². The molecular weight excluding hydrogens is 448 g/mol. The van der Waals surface area contributed by atoms with Gasteiger partial charge in [0.15, 0.2) is 0 Å². The van der Waals surface area contributed by atoms with E-state index in [1.165, 1.54) is 10.6 Å². The average Bonchev–Trinajstić information content (AvgIpc) is 3.25. The summed E-state index contributed by atoms with van der Waals surface area (Å²) in [7, 11) is -3.91. The van der Waals surface area contributed by atoms with Gasteiger partial charge in [0, 0.05) is 18.2 Å². The maximum atomic E-state index is 13.6. The van der Waals surface area contributed by atoms with Crippen LogP contribution in [0.5, 0.6) is 0 Å². The first-order valence-corrected chi connectivity index (χ1v) is 12.3. The lowest BCUT2D eigenvalue weighted by atomic mass is 10.1. The van der Waals surface area contributed by atoms with E-state index in [1.54, 1.807) is 54.6 Å². The summed E-state index contributed by atoms with van der Waals surface area (Å²) in [6.07, 6.45) is 3.55. The van der Waals surface area contributed by atoms with Gasteiger partial charge >= 0.3 is 0 Å².